The Kier molecular flexibility index (Phi) is 6.86. The van der Waals surface area contributed by atoms with Crippen LogP contribution in [0.25, 0.3) is 5.65 Å². The van der Waals surface area contributed by atoms with Gasteiger partial charge in [0.2, 0.25) is 0 Å². The van der Waals surface area contributed by atoms with Gasteiger partial charge in [-0.3, -0.25) is 4.79 Å². The lowest BCUT2D eigenvalue weighted by atomic mass is 9.90. The highest BCUT2D eigenvalue weighted by molar-refractivity contribution is 6.08. The molecule has 4 aromatic rings. The number of nitrogens with one attached hydrogen (secondary N) is 2. The van der Waals surface area contributed by atoms with E-state index in [0.29, 0.717) is 52.9 Å². The molecule has 202 valence electrons. The largest absolute Gasteiger partial charge is 0.495 e. The van der Waals surface area contributed by atoms with Crippen molar-refractivity contribution in [3.63, 3.8) is 0 Å². The van der Waals surface area contributed by atoms with Crippen molar-refractivity contribution in [2.45, 2.75) is 37.6 Å². The van der Waals surface area contributed by atoms with Crippen molar-refractivity contribution in [2.75, 3.05) is 37.0 Å². The smallest absolute Gasteiger partial charge is 0.261 e. The van der Waals surface area contributed by atoms with Gasteiger partial charge < -0.3 is 20.3 Å². The number of piperidine rings is 1. The van der Waals surface area contributed by atoms with E-state index in [1.165, 1.54) is 22.3 Å². The Bertz CT molecular complexity index is 1520. The third-order valence-electron chi connectivity index (χ3n) is 7.75. The highest BCUT2D eigenvalue weighted by atomic mass is 19.1. The molecule has 0 unspecified atom stereocenters. The van der Waals surface area contributed by atoms with Crippen LogP contribution in [-0.4, -0.2) is 47.2 Å². The van der Waals surface area contributed by atoms with Crippen molar-refractivity contribution >= 4 is 23.1 Å². The maximum absolute atomic E-state index is 14.6. The molecule has 4 heterocycles. The van der Waals surface area contributed by atoms with Crippen molar-refractivity contribution in [3.8, 4) is 5.75 Å². The molecule has 2 saturated heterocycles. The number of halogens is 2. The summed E-state index contributed by atoms with van der Waals surface area (Å²) >= 11 is 0. The SMILES string of the molecule is COc1cc(C2CCNCC2)ccc1NC(=O)c1cnn2ccc(N3CCC[C@@H]3c3cc(F)ccc3F)nc12. The molecule has 6 rings (SSSR count). The van der Waals surface area contributed by atoms with E-state index in [9.17, 15) is 13.6 Å². The number of carbonyl (C=O) groups is 1. The minimum atomic E-state index is -0.476. The van der Waals surface area contributed by atoms with E-state index in [4.69, 9.17) is 9.72 Å². The summed E-state index contributed by atoms with van der Waals surface area (Å²) in [6, 6.07) is 10.9. The highest BCUT2D eigenvalue weighted by Gasteiger charge is 2.30. The molecule has 0 spiro atoms. The van der Waals surface area contributed by atoms with Crippen LogP contribution in [-0.2, 0) is 0 Å². The van der Waals surface area contributed by atoms with Crippen molar-refractivity contribution in [3.05, 3.63) is 83.2 Å². The van der Waals surface area contributed by atoms with E-state index in [0.717, 1.165) is 44.5 Å². The number of hydrogen-bond acceptors (Lipinski definition) is 6. The second-order valence-corrected chi connectivity index (χ2v) is 10.1. The molecule has 2 fully saturated rings. The summed E-state index contributed by atoms with van der Waals surface area (Å²) in [5, 5.41) is 10.6. The van der Waals surface area contributed by atoms with Crippen LogP contribution in [0, 0.1) is 11.6 Å². The predicted molar refractivity (Wildman–Crippen MR) is 144 cm³/mol. The molecule has 1 amide bonds. The topological polar surface area (TPSA) is 83.8 Å². The van der Waals surface area contributed by atoms with Gasteiger partial charge in [0.1, 0.15) is 28.8 Å². The summed E-state index contributed by atoms with van der Waals surface area (Å²) in [5.74, 6) is 0.349. The third kappa shape index (κ3) is 4.92. The fourth-order valence-electron chi connectivity index (χ4n) is 5.72. The molecular formula is C29H30F2N6O2. The number of fused-ring (bicyclic) bond motifs is 1. The van der Waals surface area contributed by atoms with Gasteiger partial charge in [-0.2, -0.15) is 5.10 Å². The number of hydrogen-bond donors (Lipinski definition) is 2. The molecule has 0 saturated carbocycles. The van der Waals surface area contributed by atoms with Crippen LogP contribution < -0.4 is 20.3 Å². The first-order valence-electron chi connectivity index (χ1n) is 13.3. The van der Waals surface area contributed by atoms with Crippen molar-refractivity contribution in [2.24, 2.45) is 0 Å². The van der Waals surface area contributed by atoms with Gasteiger partial charge in [0.25, 0.3) is 5.91 Å². The zero-order valence-electron chi connectivity index (χ0n) is 21.7. The summed E-state index contributed by atoms with van der Waals surface area (Å²) in [7, 11) is 1.59. The lowest BCUT2D eigenvalue weighted by Crippen LogP contribution is -2.26. The molecule has 0 aliphatic carbocycles. The van der Waals surface area contributed by atoms with Gasteiger partial charge in [-0.25, -0.2) is 18.3 Å². The first kappa shape index (κ1) is 25.2. The van der Waals surface area contributed by atoms with E-state index < -0.39 is 11.6 Å². The summed E-state index contributed by atoms with van der Waals surface area (Å²) in [6.07, 6.45) is 6.81. The number of nitrogens with zero attached hydrogens (tertiary/aromatic N) is 4. The van der Waals surface area contributed by atoms with Crippen LogP contribution >= 0.6 is 0 Å². The van der Waals surface area contributed by atoms with Crippen LogP contribution in [0.5, 0.6) is 5.75 Å². The van der Waals surface area contributed by atoms with Gasteiger partial charge in [0.05, 0.1) is 25.0 Å². The minimum absolute atomic E-state index is 0.300. The Morgan fingerprint density at radius 3 is 2.77 bits per heavy atom. The molecule has 8 nitrogen and oxygen atoms in total. The Balaban J connectivity index is 1.27. The number of anilines is 2. The Hall–Kier alpha value is -4.05. The van der Waals surface area contributed by atoms with Crippen LogP contribution in [0.3, 0.4) is 0 Å². The normalized spacial score (nSPS) is 18.0. The fraction of sp³-hybridized carbons (Fsp3) is 0.345. The Morgan fingerprint density at radius 2 is 1.95 bits per heavy atom. The summed E-state index contributed by atoms with van der Waals surface area (Å²) in [4.78, 5) is 20.1. The molecule has 2 aromatic carbocycles. The van der Waals surface area contributed by atoms with E-state index in [1.54, 1.807) is 19.4 Å². The van der Waals surface area contributed by atoms with Crippen LogP contribution in [0.1, 0.15) is 59.1 Å². The van der Waals surface area contributed by atoms with Crippen LogP contribution in [0.15, 0.2) is 54.9 Å². The molecule has 2 aliphatic rings. The average Bonchev–Trinajstić information content (AvgIpc) is 3.62. The molecule has 39 heavy (non-hydrogen) atoms. The predicted octanol–water partition coefficient (Wildman–Crippen LogP) is 5.08. The van der Waals surface area contributed by atoms with Crippen molar-refractivity contribution < 1.29 is 18.3 Å². The van der Waals surface area contributed by atoms with E-state index in [-0.39, 0.29) is 11.9 Å². The fourth-order valence-corrected chi connectivity index (χ4v) is 5.72. The standard InChI is InChI=1S/C29H30F2N6O2/c1-39-26-15-19(18-8-11-32-12-9-18)4-7-24(26)34-29(38)22-17-33-37-14-10-27(35-28(22)37)36-13-2-3-25(36)21-16-20(30)5-6-23(21)31/h4-7,10,14-18,25,32H,2-3,8-9,11-13H2,1H3,(H,34,38)/t25-/m1/s1. The maximum atomic E-state index is 14.6. The molecule has 1 atom stereocenters. The first-order valence-corrected chi connectivity index (χ1v) is 13.3. The average molecular weight is 533 g/mol. The number of amides is 1. The van der Waals surface area contributed by atoms with Gasteiger partial charge in [-0.05, 0) is 86.7 Å². The van der Waals surface area contributed by atoms with Gasteiger partial charge in [-0.15, -0.1) is 0 Å². The van der Waals surface area contributed by atoms with E-state index in [2.05, 4.69) is 15.7 Å². The van der Waals surface area contributed by atoms with Gasteiger partial charge in [-0.1, -0.05) is 6.07 Å². The van der Waals surface area contributed by atoms with Crippen molar-refractivity contribution in [1.82, 2.24) is 19.9 Å². The monoisotopic (exact) mass is 532 g/mol. The number of benzene rings is 2. The Labute approximate surface area is 225 Å². The molecule has 2 N–H and O–H groups in total. The van der Waals surface area contributed by atoms with Gasteiger partial charge >= 0.3 is 0 Å². The maximum Gasteiger partial charge on any atom is 0.261 e. The lowest BCUT2D eigenvalue weighted by Gasteiger charge is -2.26. The summed E-state index contributed by atoms with van der Waals surface area (Å²) in [6.45, 7) is 2.62. The zero-order chi connectivity index (χ0) is 26.9. The lowest BCUT2D eigenvalue weighted by molar-refractivity contribution is 0.102. The molecule has 2 aliphatic heterocycles. The van der Waals surface area contributed by atoms with E-state index >= 15 is 0 Å². The van der Waals surface area contributed by atoms with Gasteiger partial charge in [0, 0.05) is 18.3 Å². The Morgan fingerprint density at radius 1 is 1.10 bits per heavy atom. The molecule has 0 bridgehead atoms. The molecular weight excluding hydrogens is 502 g/mol. The molecule has 10 heteroatoms. The number of rotatable bonds is 6. The number of ether oxygens (including phenoxy) is 1. The summed E-state index contributed by atoms with van der Waals surface area (Å²) < 4.78 is 35.7. The van der Waals surface area contributed by atoms with Crippen LogP contribution in [0.2, 0.25) is 0 Å². The zero-order valence-corrected chi connectivity index (χ0v) is 21.7. The van der Waals surface area contributed by atoms with Crippen molar-refractivity contribution in [1.29, 1.82) is 0 Å². The second kappa shape index (κ2) is 10.6. The highest BCUT2D eigenvalue weighted by Crippen LogP contribution is 2.37. The minimum Gasteiger partial charge on any atom is -0.495 e. The third-order valence-corrected chi connectivity index (χ3v) is 7.75. The summed E-state index contributed by atoms with van der Waals surface area (Å²) in [5.41, 5.74) is 2.75. The number of aromatic nitrogens is 3. The molecule has 2 aromatic heterocycles. The number of methoxy groups -OCH3 is 1. The second-order valence-electron chi connectivity index (χ2n) is 10.1. The number of carbonyl (C=O) groups excluding carboxylic acids is 1. The quantitative estimate of drug-likeness (QED) is 0.361. The first-order chi connectivity index (χ1) is 19.0. The van der Waals surface area contributed by atoms with Crippen LogP contribution in [0.4, 0.5) is 20.3 Å². The van der Waals surface area contributed by atoms with E-state index in [1.807, 2.05) is 23.1 Å². The van der Waals surface area contributed by atoms with Gasteiger partial charge in [0.15, 0.2) is 5.65 Å². The molecule has 0 radical (unpaired) electrons.